The van der Waals surface area contributed by atoms with Gasteiger partial charge in [0, 0.05) is 27.5 Å². The van der Waals surface area contributed by atoms with Gasteiger partial charge in [-0.3, -0.25) is 9.44 Å². The highest BCUT2D eigenvalue weighted by atomic mass is 32.3. The molecule has 0 fully saturated rings. The van der Waals surface area contributed by atoms with E-state index in [0.717, 1.165) is 30.3 Å². The van der Waals surface area contributed by atoms with Crippen molar-refractivity contribution < 1.29 is 77.7 Å². The average molecular weight is 915 g/mol. The van der Waals surface area contributed by atoms with Crippen LogP contribution in [0.2, 0.25) is 0 Å². The molecule has 0 heterocycles. The SMILES string of the molecule is CN(C)CCS(=O)(=O)c1ccc(N=Nc2c(N)ccc3c(O)c(N=Nc4ccc(SC#COOS(=O)(=O)O)cc4S(O)(O)O)c(SOOO)cc23)c(S(O)(O)O)c1. The lowest BCUT2D eigenvalue weighted by Crippen LogP contribution is -2.22. The van der Waals surface area contributed by atoms with Crippen LogP contribution in [-0.4, -0.2) is 90.4 Å². The van der Waals surface area contributed by atoms with Crippen molar-refractivity contribution in [1.29, 1.82) is 0 Å². The summed E-state index contributed by atoms with van der Waals surface area (Å²) in [6, 6.07) is 10.5. The number of thioether (sulfide) groups is 1. The first-order valence-corrected chi connectivity index (χ1v) is 22.3. The number of benzene rings is 4. The van der Waals surface area contributed by atoms with Gasteiger partial charge in [0.2, 0.25) is 0 Å². The van der Waals surface area contributed by atoms with E-state index >= 15 is 0 Å². The molecule has 0 saturated carbocycles. The molecule has 0 aliphatic carbocycles. The van der Waals surface area contributed by atoms with Crippen molar-refractivity contribution in [1.82, 2.24) is 4.90 Å². The van der Waals surface area contributed by atoms with Crippen molar-refractivity contribution in [2.75, 3.05) is 32.1 Å². The molecule has 11 N–H and O–H groups in total. The predicted molar refractivity (Wildman–Crippen MR) is 207 cm³/mol. The number of fused-ring (bicyclic) bond motifs is 1. The van der Waals surface area contributed by atoms with Crippen molar-refractivity contribution in [3.05, 3.63) is 54.6 Å². The first-order valence-electron chi connectivity index (χ1n) is 14.7. The van der Waals surface area contributed by atoms with Gasteiger partial charge in [-0.25, -0.2) is 13.7 Å². The zero-order chi connectivity index (χ0) is 42.3. The number of hydrogen-bond acceptors (Lipinski definition) is 24. The van der Waals surface area contributed by atoms with Gasteiger partial charge in [0.05, 0.1) is 43.1 Å². The van der Waals surface area contributed by atoms with Crippen LogP contribution in [0.25, 0.3) is 10.8 Å². The summed E-state index contributed by atoms with van der Waals surface area (Å²) < 4.78 is 124. The Morgan fingerprint density at radius 1 is 0.789 bits per heavy atom. The molecule has 23 nitrogen and oxygen atoms in total. The van der Waals surface area contributed by atoms with Crippen LogP contribution in [0, 0.1) is 11.4 Å². The molecular weight excluding hydrogens is 885 g/mol. The van der Waals surface area contributed by atoms with E-state index in [1.54, 1.807) is 25.1 Å². The van der Waals surface area contributed by atoms with E-state index in [1.165, 1.54) is 24.3 Å². The van der Waals surface area contributed by atoms with E-state index in [2.05, 4.69) is 44.3 Å². The molecule has 310 valence electrons. The van der Waals surface area contributed by atoms with Crippen molar-refractivity contribution in [3.8, 4) is 17.1 Å². The van der Waals surface area contributed by atoms with Gasteiger partial charge in [0.1, 0.15) is 44.5 Å². The summed E-state index contributed by atoms with van der Waals surface area (Å²) in [6.07, 6.45) is 1.79. The molecule has 0 unspecified atom stereocenters. The molecule has 4 rings (SSSR count). The lowest BCUT2D eigenvalue weighted by molar-refractivity contribution is -0.432. The summed E-state index contributed by atoms with van der Waals surface area (Å²) in [4.78, 5) is 4.03. The van der Waals surface area contributed by atoms with Crippen LogP contribution in [0.5, 0.6) is 5.75 Å². The molecule has 57 heavy (non-hydrogen) atoms. The number of rotatable bonds is 16. The highest BCUT2D eigenvalue weighted by molar-refractivity contribution is 8.19. The average Bonchev–Trinajstić information content (AvgIpc) is 3.11. The number of phenols is 1. The van der Waals surface area contributed by atoms with E-state index in [9.17, 15) is 49.3 Å². The molecule has 0 radical (unpaired) electrons. The van der Waals surface area contributed by atoms with Gasteiger partial charge in [0.15, 0.2) is 21.7 Å². The van der Waals surface area contributed by atoms with Crippen LogP contribution in [0.3, 0.4) is 0 Å². The second-order valence-corrected chi connectivity index (χ2v) is 18.8. The van der Waals surface area contributed by atoms with Gasteiger partial charge in [-0.15, -0.1) is 24.8 Å². The first kappa shape index (κ1) is 45.8. The van der Waals surface area contributed by atoms with E-state index in [1.807, 2.05) is 0 Å². The lowest BCUT2D eigenvalue weighted by Gasteiger charge is -2.21. The third-order valence-corrected chi connectivity index (χ3v) is 12.0. The summed E-state index contributed by atoms with van der Waals surface area (Å²) in [5, 5.41) is 42.1. The fourth-order valence-corrected chi connectivity index (χ4v) is 8.40. The van der Waals surface area contributed by atoms with Gasteiger partial charge in [-0.2, -0.15) is 8.42 Å². The molecule has 0 spiro atoms. The van der Waals surface area contributed by atoms with Crippen molar-refractivity contribution in [2.24, 2.45) is 20.5 Å². The largest absolute Gasteiger partial charge is 0.505 e. The molecule has 4 aromatic carbocycles. The molecule has 0 atom stereocenters. The highest BCUT2D eigenvalue weighted by Gasteiger charge is 2.26. The number of nitrogens with two attached hydrogens (primary N) is 1. The zero-order valence-corrected chi connectivity index (χ0v) is 33.6. The molecule has 0 bridgehead atoms. The minimum Gasteiger partial charge on any atom is -0.505 e. The first-order chi connectivity index (χ1) is 26.5. The molecule has 4 aromatic rings. The Hall–Kier alpha value is -3.88. The fraction of sp³-hybridized carbons (Fsp3) is 0.143. The maximum atomic E-state index is 12.9. The monoisotopic (exact) mass is 914 g/mol. The van der Waals surface area contributed by atoms with E-state index in [-0.39, 0.29) is 66.2 Å². The topological polar surface area (TPSA) is 366 Å². The Balaban J connectivity index is 1.78. The fourth-order valence-electron chi connectivity index (χ4n) is 4.38. The number of nitrogen functional groups attached to an aromatic ring is 1. The van der Waals surface area contributed by atoms with Gasteiger partial charge in [-0.1, -0.05) is 5.04 Å². The molecular formula is C28H30N6O17S6. The number of phenolic OH excluding ortho intramolecular Hbond substituents is 1. The van der Waals surface area contributed by atoms with E-state index < -0.39 is 57.5 Å². The van der Waals surface area contributed by atoms with Gasteiger partial charge >= 0.3 is 10.4 Å². The molecule has 29 heteroatoms. The molecule has 0 aliphatic rings. The third-order valence-electron chi connectivity index (χ3n) is 6.90. The number of azo groups is 2. The summed E-state index contributed by atoms with van der Waals surface area (Å²) in [5.41, 5.74) is 4.91. The second kappa shape index (κ2) is 18.8. The Bertz CT molecular complexity index is 2480. The van der Waals surface area contributed by atoms with Crippen LogP contribution >= 0.6 is 45.5 Å². The van der Waals surface area contributed by atoms with Gasteiger partial charge in [-0.05, 0) is 84.8 Å². The number of hydrogen-bond donors (Lipinski definition) is 10. The standard InChI is InChI=1S/C28H30N6O17S6/c1-34(2)9-12-54(37,38)17-4-8-22(25(14-17)56(42,43)44)30-32-26-19-15-23(53-50-49-36)27(28(35)18(19)5-6-20(26)29)33-31-21-7-3-16(13-24(21)55(39,40)41)52-11-10-48-51-57(45,46)47/h3-8,13-15,35-36,39-44H,9,12,29H2,1-2H3,(H,45,46,47). The summed E-state index contributed by atoms with van der Waals surface area (Å²) >= 11 is 0.921. The summed E-state index contributed by atoms with van der Waals surface area (Å²) in [6.45, 7) is 0.153. The maximum Gasteiger partial charge on any atom is 0.433 e. The van der Waals surface area contributed by atoms with Crippen molar-refractivity contribution >= 4 is 105 Å². The maximum absolute atomic E-state index is 12.9. The third kappa shape index (κ3) is 12.6. The highest BCUT2D eigenvalue weighted by Crippen LogP contribution is 2.53. The zero-order valence-electron chi connectivity index (χ0n) is 28.7. The molecule has 0 aromatic heterocycles. The number of aromatic hydroxyl groups is 1. The van der Waals surface area contributed by atoms with Crippen LogP contribution in [-0.2, 0) is 38.8 Å². The van der Waals surface area contributed by atoms with Crippen molar-refractivity contribution in [3.63, 3.8) is 0 Å². The van der Waals surface area contributed by atoms with Crippen LogP contribution in [0.1, 0.15) is 0 Å². The number of anilines is 1. The number of nitrogens with zero attached hydrogens (tertiary/aromatic N) is 5. The van der Waals surface area contributed by atoms with Crippen LogP contribution in [0.15, 0.2) is 99.5 Å². The Labute approximate surface area is 334 Å². The second-order valence-electron chi connectivity index (χ2n) is 11.1. The van der Waals surface area contributed by atoms with E-state index in [0.29, 0.717) is 23.8 Å². The quantitative estimate of drug-likeness (QED) is 0.00753. The summed E-state index contributed by atoms with van der Waals surface area (Å²) in [5.74, 6) is -0.943. The van der Waals surface area contributed by atoms with Gasteiger partial charge < -0.3 is 43.1 Å². The molecule has 0 saturated heterocycles. The lowest BCUT2D eigenvalue weighted by atomic mass is 10.1. The van der Waals surface area contributed by atoms with E-state index in [4.69, 9.17) is 15.5 Å². The minimum absolute atomic E-state index is 0.00689. The summed E-state index contributed by atoms with van der Waals surface area (Å²) in [7, 11) is -14.6. The van der Waals surface area contributed by atoms with Gasteiger partial charge in [0.25, 0.3) is 0 Å². The molecule has 0 amide bonds. The van der Waals surface area contributed by atoms with Crippen LogP contribution < -0.4 is 5.73 Å². The number of sulfone groups is 1. The van der Waals surface area contributed by atoms with Crippen LogP contribution in [0.4, 0.5) is 28.4 Å². The minimum atomic E-state index is -4.94. The Kier molecular flexibility index (Phi) is 15.1. The smallest absolute Gasteiger partial charge is 0.433 e. The Morgan fingerprint density at radius 3 is 2.00 bits per heavy atom. The predicted octanol–water partition coefficient (Wildman–Crippen LogP) is 7.65. The molecule has 0 aliphatic heterocycles. The normalized spacial score (nSPS) is 13.4. The Morgan fingerprint density at radius 2 is 1.40 bits per heavy atom. The van der Waals surface area contributed by atoms with Crippen molar-refractivity contribution in [2.45, 2.75) is 24.5 Å².